The molecular formula is C11H20O3. The number of hydrogen-bond acceptors (Lipinski definition) is 2. The molecule has 0 bridgehead atoms. The molecule has 0 aromatic heterocycles. The van der Waals surface area contributed by atoms with Gasteiger partial charge in [0.25, 0.3) is 0 Å². The van der Waals surface area contributed by atoms with Gasteiger partial charge in [-0.1, -0.05) is 13.8 Å². The quantitative estimate of drug-likeness (QED) is 0.686. The van der Waals surface area contributed by atoms with Crippen LogP contribution in [0.3, 0.4) is 0 Å². The highest BCUT2D eigenvalue weighted by Crippen LogP contribution is 2.31. The van der Waals surface area contributed by atoms with Crippen LogP contribution in [0.15, 0.2) is 0 Å². The van der Waals surface area contributed by atoms with Crippen LogP contribution in [0.2, 0.25) is 0 Å². The molecule has 0 aromatic carbocycles. The maximum absolute atomic E-state index is 11.1. The summed E-state index contributed by atoms with van der Waals surface area (Å²) >= 11 is 0. The van der Waals surface area contributed by atoms with Crippen LogP contribution in [-0.4, -0.2) is 24.3 Å². The molecule has 1 fully saturated rings. The SMILES string of the molecule is CCC(CC)(COCC1CC1)C(=O)O. The van der Waals surface area contributed by atoms with Gasteiger partial charge in [0.1, 0.15) is 0 Å². The van der Waals surface area contributed by atoms with Crippen molar-refractivity contribution in [1.82, 2.24) is 0 Å². The third kappa shape index (κ3) is 2.71. The number of carboxylic acid groups (broad SMARTS) is 1. The molecule has 0 amide bonds. The summed E-state index contributed by atoms with van der Waals surface area (Å²) in [5, 5.41) is 9.12. The zero-order valence-electron chi connectivity index (χ0n) is 9.08. The average molecular weight is 200 g/mol. The van der Waals surface area contributed by atoms with Crippen molar-refractivity contribution < 1.29 is 14.6 Å². The summed E-state index contributed by atoms with van der Waals surface area (Å²) in [6, 6.07) is 0. The predicted molar refractivity (Wildman–Crippen MR) is 54.2 cm³/mol. The van der Waals surface area contributed by atoms with E-state index in [4.69, 9.17) is 9.84 Å². The van der Waals surface area contributed by atoms with E-state index >= 15 is 0 Å². The standard InChI is InChI=1S/C11H20O3/c1-3-11(4-2,10(12)13)8-14-7-9-5-6-9/h9H,3-8H2,1-2H3,(H,12,13). The fraction of sp³-hybridized carbons (Fsp3) is 0.909. The normalized spacial score (nSPS) is 17.0. The van der Waals surface area contributed by atoms with Gasteiger partial charge in [0.05, 0.1) is 12.0 Å². The minimum atomic E-state index is -0.724. The first-order chi connectivity index (χ1) is 6.64. The molecular weight excluding hydrogens is 180 g/mol. The Morgan fingerprint density at radius 3 is 2.36 bits per heavy atom. The third-order valence-electron chi connectivity index (χ3n) is 3.24. The van der Waals surface area contributed by atoms with Crippen molar-refractivity contribution in [3.63, 3.8) is 0 Å². The van der Waals surface area contributed by atoms with Gasteiger partial charge in [-0.3, -0.25) is 4.79 Å². The van der Waals surface area contributed by atoms with Crippen LogP contribution in [-0.2, 0) is 9.53 Å². The molecule has 0 unspecified atom stereocenters. The molecule has 0 aromatic rings. The van der Waals surface area contributed by atoms with Crippen LogP contribution in [0.25, 0.3) is 0 Å². The lowest BCUT2D eigenvalue weighted by atomic mass is 9.83. The van der Waals surface area contributed by atoms with Gasteiger partial charge in [-0.05, 0) is 31.6 Å². The van der Waals surface area contributed by atoms with Crippen molar-refractivity contribution in [3.8, 4) is 0 Å². The maximum Gasteiger partial charge on any atom is 0.311 e. The van der Waals surface area contributed by atoms with Crippen LogP contribution in [0.1, 0.15) is 39.5 Å². The second-order valence-corrected chi connectivity index (χ2v) is 4.25. The molecule has 0 radical (unpaired) electrons. The zero-order chi connectivity index (χ0) is 10.6. The van der Waals surface area contributed by atoms with Crippen molar-refractivity contribution in [3.05, 3.63) is 0 Å². The number of carboxylic acids is 1. The van der Waals surface area contributed by atoms with E-state index in [-0.39, 0.29) is 0 Å². The van der Waals surface area contributed by atoms with E-state index in [1.807, 2.05) is 13.8 Å². The van der Waals surface area contributed by atoms with Crippen LogP contribution >= 0.6 is 0 Å². The highest BCUT2D eigenvalue weighted by atomic mass is 16.5. The molecule has 82 valence electrons. The van der Waals surface area contributed by atoms with E-state index in [0.717, 1.165) is 6.61 Å². The number of aliphatic carboxylic acids is 1. The van der Waals surface area contributed by atoms with E-state index in [9.17, 15) is 4.79 Å². The van der Waals surface area contributed by atoms with Crippen LogP contribution in [0.4, 0.5) is 0 Å². The fourth-order valence-electron chi connectivity index (χ4n) is 1.52. The van der Waals surface area contributed by atoms with Crippen molar-refractivity contribution in [2.45, 2.75) is 39.5 Å². The second-order valence-electron chi connectivity index (χ2n) is 4.25. The molecule has 0 atom stereocenters. The van der Waals surface area contributed by atoms with Crippen LogP contribution in [0.5, 0.6) is 0 Å². The first kappa shape index (κ1) is 11.5. The lowest BCUT2D eigenvalue weighted by molar-refractivity contribution is -0.153. The van der Waals surface area contributed by atoms with Crippen molar-refractivity contribution in [2.24, 2.45) is 11.3 Å². The Morgan fingerprint density at radius 2 is 2.00 bits per heavy atom. The Kier molecular flexibility index (Phi) is 3.93. The van der Waals surface area contributed by atoms with Crippen LogP contribution in [0, 0.1) is 11.3 Å². The summed E-state index contributed by atoms with van der Waals surface area (Å²) in [5.74, 6) is -0.0199. The summed E-state index contributed by atoms with van der Waals surface area (Å²) in [5.41, 5.74) is -0.658. The maximum atomic E-state index is 11.1. The van der Waals surface area contributed by atoms with Gasteiger partial charge >= 0.3 is 5.97 Å². The molecule has 0 spiro atoms. The topological polar surface area (TPSA) is 46.5 Å². The predicted octanol–water partition coefficient (Wildman–Crippen LogP) is 2.30. The lowest BCUT2D eigenvalue weighted by Crippen LogP contribution is -2.35. The van der Waals surface area contributed by atoms with E-state index in [2.05, 4.69) is 0 Å². The largest absolute Gasteiger partial charge is 0.481 e. The first-order valence-corrected chi connectivity index (χ1v) is 5.45. The monoisotopic (exact) mass is 200 g/mol. The zero-order valence-corrected chi connectivity index (χ0v) is 9.08. The third-order valence-corrected chi connectivity index (χ3v) is 3.24. The van der Waals surface area contributed by atoms with Gasteiger partial charge < -0.3 is 9.84 Å². The molecule has 1 N–H and O–H groups in total. The number of rotatable bonds is 7. The minimum Gasteiger partial charge on any atom is -0.481 e. The van der Waals surface area contributed by atoms with Gasteiger partial charge in [-0.15, -0.1) is 0 Å². The van der Waals surface area contributed by atoms with Crippen LogP contribution < -0.4 is 0 Å². The number of hydrogen-bond donors (Lipinski definition) is 1. The smallest absolute Gasteiger partial charge is 0.311 e. The molecule has 14 heavy (non-hydrogen) atoms. The summed E-state index contributed by atoms with van der Waals surface area (Å²) in [7, 11) is 0. The summed E-state index contributed by atoms with van der Waals surface area (Å²) in [4.78, 5) is 11.1. The Labute approximate surface area is 85.5 Å². The number of ether oxygens (including phenoxy) is 1. The van der Waals surface area contributed by atoms with Crippen molar-refractivity contribution in [1.29, 1.82) is 0 Å². The Hall–Kier alpha value is -0.570. The molecule has 3 heteroatoms. The van der Waals surface area contributed by atoms with Crippen molar-refractivity contribution >= 4 is 5.97 Å². The summed E-state index contributed by atoms with van der Waals surface area (Å²) < 4.78 is 5.49. The van der Waals surface area contributed by atoms with E-state index in [1.165, 1.54) is 12.8 Å². The molecule has 1 aliphatic rings. The molecule has 1 saturated carbocycles. The average Bonchev–Trinajstić information content (AvgIpc) is 2.96. The highest BCUT2D eigenvalue weighted by Gasteiger charge is 2.35. The van der Waals surface area contributed by atoms with Gasteiger partial charge in [0, 0.05) is 6.61 Å². The highest BCUT2D eigenvalue weighted by molar-refractivity contribution is 5.74. The Balaban J connectivity index is 2.35. The minimum absolute atomic E-state index is 0.367. The fourth-order valence-corrected chi connectivity index (χ4v) is 1.52. The van der Waals surface area contributed by atoms with Gasteiger partial charge in [-0.2, -0.15) is 0 Å². The molecule has 3 nitrogen and oxygen atoms in total. The molecule has 1 aliphatic carbocycles. The molecule has 0 heterocycles. The van der Waals surface area contributed by atoms with Crippen molar-refractivity contribution in [2.75, 3.05) is 13.2 Å². The van der Waals surface area contributed by atoms with Gasteiger partial charge in [0.15, 0.2) is 0 Å². The first-order valence-electron chi connectivity index (χ1n) is 5.45. The second kappa shape index (κ2) is 4.78. The summed E-state index contributed by atoms with van der Waals surface area (Å²) in [6.45, 7) is 4.94. The van der Waals surface area contributed by atoms with E-state index in [1.54, 1.807) is 0 Å². The van der Waals surface area contributed by atoms with Gasteiger partial charge in [-0.25, -0.2) is 0 Å². The Bertz CT molecular complexity index is 193. The number of carbonyl (C=O) groups is 1. The van der Waals surface area contributed by atoms with Gasteiger partial charge in [0.2, 0.25) is 0 Å². The molecule has 0 aliphatic heterocycles. The van der Waals surface area contributed by atoms with E-state index in [0.29, 0.717) is 25.4 Å². The molecule has 0 saturated heterocycles. The lowest BCUT2D eigenvalue weighted by Gasteiger charge is -2.26. The summed E-state index contributed by atoms with van der Waals surface area (Å²) in [6.07, 6.45) is 3.78. The molecule has 1 rings (SSSR count). The van der Waals surface area contributed by atoms with E-state index < -0.39 is 11.4 Å². The Morgan fingerprint density at radius 1 is 1.43 bits per heavy atom.